The Hall–Kier alpha value is -1.75. The van der Waals surface area contributed by atoms with Crippen LogP contribution in [0, 0.1) is 0 Å². The molecule has 0 radical (unpaired) electrons. The van der Waals surface area contributed by atoms with Crippen LogP contribution in [0.25, 0.3) is 0 Å². The molecular formula is C14H20N2O3. The van der Waals surface area contributed by atoms with E-state index in [9.17, 15) is 9.90 Å². The molecule has 0 saturated heterocycles. The van der Waals surface area contributed by atoms with Gasteiger partial charge in [0.2, 0.25) is 0 Å². The molecule has 104 valence electrons. The summed E-state index contributed by atoms with van der Waals surface area (Å²) in [6, 6.07) is 4.92. The molecule has 0 heterocycles. The van der Waals surface area contributed by atoms with Crippen LogP contribution in [0.15, 0.2) is 18.2 Å². The Morgan fingerprint density at radius 1 is 1.42 bits per heavy atom. The Kier molecular flexibility index (Phi) is 3.66. The molecule has 4 N–H and O–H groups in total. The van der Waals surface area contributed by atoms with Crippen molar-refractivity contribution >= 4 is 17.3 Å². The van der Waals surface area contributed by atoms with E-state index in [1.54, 1.807) is 18.2 Å². The largest absolute Gasteiger partial charge is 0.478 e. The van der Waals surface area contributed by atoms with Crippen molar-refractivity contribution in [1.82, 2.24) is 0 Å². The van der Waals surface area contributed by atoms with Crippen LogP contribution in [0.4, 0.5) is 11.4 Å². The number of nitrogens with two attached hydrogens (primary N) is 1. The Morgan fingerprint density at radius 3 is 2.63 bits per heavy atom. The second-order valence-electron chi connectivity index (χ2n) is 5.36. The lowest BCUT2D eigenvalue weighted by Crippen LogP contribution is -2.39. The van der Waals surface area contributed by atoms with Crippen LogP contribution in [0.3, 0.4) is 0 Å². The molecule has 1 saturated carbocycles. The minimum atomic E-state index is -1.03. The first-order valence-electron chi connectivity index (χ1n) is 6.48. The Labute approximate surface area is 112 Å². The van der Waals surface area contributed by atoms with Gasteiger partial charge in [-0.15, -0.1) is 0 Å². The standard InChI is InChI=1S/C14H20N2O3/c1-16(9-14(19)6-2-3-7-14)10-4-5-12(15)11(8-10)13(17)18/h4-5,8,19H,2-3,6-7,9,15H2,1H3,(H,17,18). The average Bonchev–Trinajstić information content (AvgIpc) is 2.75. The van der Waals surface area contributed by atoms with Gasteiger partial charge in [-0.1, -0.05) is 12.8 Å². The highest BCUT2D eigenvalue weighted by Gasteiger charge is 2.32. The molecule has 1 aliphatic rings. The zero-order valence-electron chi connectivity index (χ0n) is 11.1. The molecule has 5 heteroatoms. The fourth-order valence-electron chi connectivity index (χ4n) is 2.69. The van der Waals surface area contributed by atoms with Gasteiger partial charge in [-0.3, -0.25) is 0 Å². The van der Waals surface area contributed by atoms with E-state index in [2.05, 4.69) is 0 Å². The number of aromatic carboxylic acids is 1. The first-order chi connectivity index (χ1) is 8.91. The molecule has 2 rings (SSSR count). The summed E-state index contributed by atoms with van der Waals surface area (Å²) in [6.45, 7) is 0.510. The third-order valence-corrected chi connectivity index (χ3v) is 3.77. The van der Waals surface area contributed by atoms with Gasteiger partial charge < -0.3 is 20.8 Å². The van der Waals surface area contributed by atoms with Crippen LogP contribution in [-0.2, 0) is 0 Å². The minimum Gasteiger partial charge on any atom is -0.478 e. The summed E-state index contributed by atoms with van der Waals surface area (Å²) >= 11 is 0. The van der Waals surface area contributed by atoms with Crippen LogP contribution < -0.4 is 10.6 Å². The number of benzene rings is 1. The molecule has 1 aromatic carbocycles. The number of carbonyl (C=O) groups is 1. The molecule has 0 amide bonds. The molecule has 0 atom stereocenters. The molecule has 1 aromatic rings. The lowest BCUT2D eigenvalue weighted by atomic mass is 10.0. The van der Waals surface area contributed by atoms with Crippen LogP contribution in [-0.4, -0.2) is 35.4 Å². The van der Waals surface area contributed by atoms with Crippen molar-refractivity contribution in [2.75, 3.05) is 24.2 Å². The fourth-order valence-corrected chi connectivity index (χ4v) is 2.69. The van der Waals surface area contributed by atoms with E-state index in [0.717, 1.165) is 31.4 Å². The normalized spacial score (nSPS) is 17.4. The van der Waals surface area contributed by atoms with Crippen molar-refractivity contribution in [3.05, 3.63) is 23.8 Å². The highest BCUT2D eigenvalue weighted by Crippen LogP contribution is 2.31. The number of hydrogen-bond acceptors (Lipinski definition) is 4. The van der Waals surface area contributed by atoms with Gasteiger partial charge in [0.25, 0.3) is 0 Å². The smallest absolute Gasteiger partial charge is 0.337 e. The lowest BCUT2D eigenvalue weighted by molar-refractivity contribution is 0.0559. The van der Waals surface area contributed by atoms with E-state index in [0.29, 0.717) is 6.54 Å². The average molecular weight is 264 g/mol. The van der Waals surface area contributed by atoms with Crippen LogP contribution in [0.5, 0.6) is 0 Å². The molecule has 1 fully saturated rings. The Morgan fingerprint density at radius 2 is 2.05 bits per heavy atom. The molecule has 0 spiro atoms. The van der Waals surface area contributed by atoms with E-state index >= 15 is 0 Å². The highest BCUT2D eigenvalue weighted by molar-refractivity contribution is 5.94. The van der Waals surface area contributed by atoms with Gasteiger partial charge in [0, 0.05) is 25.0 Å². The Bertz CT molecular complexity index is 482. The summed E-state index contributed by atoms with van der Waals surface area (Å²) in [6.07, 6.45) is 3.70. The maximum atomic E-state index is 11.1. The molecular weight excluding hydrogens is 244 g/mol. The SMILES string of the molecule is CN(CC1(O)CCCC1)c1ccc(N)c(C(=O)O)c1. The predicted octanol–water partition coefficient (Wildman–Crippen LogP) is 1.71. The van der Waals surface area contributed by atoms with Gasteiger partial charge >= 0.3 is 5.97 Å². The molecule has 0 unspecified atom stereocenters. The van der Waals surface area contributed by atoms with Crippen molar-refractivity contribution in [3.63, 3.8) is 0 Å². The van der Waals surface area contributed by atoms with Gasteiger partial charge in [0.15, 0.2) is 0 Å². The topological polar surface area (TPSA) is 86.8 Å². The molecule has 0 bridgehead atoms. The summed E-state index contributed by atoms with van der Waals surface area (Å²) in [5, 5.41) is 19.4. The predicted molar refractivity (Wildman–Crippen MR) is 74.5 cm³/mol. The number of carboxylic acids is 1. The first-order valence-corrected chi connectivity index (χ1v) is 6.48. The third-order valence-electron chi connectivity index (χ3n) is 3.77. The number of hydrogen-bond donors (Lipinski definition) is 3. The number of nitrogens with zero attached hydrogens (tertiary/aromatic N) is 1. The van der Waals surface area contributed by atoms with Gasteiger partial charge in [-0.05, 0) is 31.0 Å². The summed E-state index contributed by atoms with van der Waals surface area (Å²) in [4.78, 5) is 12.9. The minimum absolute atomic E-state index is 0.0998. The number of anilines is 2. The molecule has 0 aliphatic heterocycles. The van der Waals surface area contributed by atoms with Gasteiger partial charge in [-0.25, -0.2) is 4.79 Å². The maximum absolute atomic E-state index is 11.1. The molecule has 19 heavy (non-hydrogen) atoms. The van der Waals surface area contributed by atoms with E-state index in [1.165, 1.54) is 0 Å². The van der Waals surface area contributed by atoms with Gasteiger partial charge in [0.1, 0.15) is 0 Å². The fraction of sp³-hybridized carbons (Fsp3) is 0.500. The van der Waals surface area contributed by atoms with Crippen LogP contribution >= 0.6 is 0 Å². The van der Waals surface area contributed by atoms with Crippen molar-refractivity contribution < 1.29 is 15.0 Å². The van der Waals surface area contributed by atoms with E-state index in [4.69, 9.17) is 10.8 Å². The summed E-state index contributed by atoms with van der Waals surface area (Å²) in [5.41, 5.74) is 6.09. The second kappa shape index (κ2) is 5.09. The molecule has 1 aliphatic carbocycles. The highest BCUT2D eigenvalue weighted by atomic mass is 16.4. The van der Waals surface area contributed by atoms with E-state index < -0.39 is 11.6 Å². The molecule has 0 aromatic heterocycles. The van der Waals surface area contributed by atoms with E-state index in [1.807, 2.05) is 11.9 Å². The monoisotopic (exact) mass is 264 g/mol. The summed E-state index contributed by atoms with van der Waals surface area (Å²) in [5.74, 6) is -1.03. The quantitative estimate of drug-likeness (QED) is 0.721. The van der Waals surface area contributed by atoms with Crippen molar-refractivity contribution in [2.45, 2.75) is 31.3 Å². The number of aliphatic hydroxyl groups is 1. The number of rotatable bonds is 4. The maximum Gasteiger partial charge on any atom is 0.337 e. The number of nitrogen functional groups attached to an aromatic ring is 1. The van der Waals surface area contributed by atoms with Crippen molar-refractivity contribution in [2.24, 2.45) is 0 Å². The third kappa shape index (κ3) is 2.98. The number of likely N-dealkylation sites (N-methyl/N-ethyl adjacent to an activating group) is 1. The molecule has 5 nitrogen and oxygen atoms in total. The summed E-state index contributed by atoms with van der Waals surface area (Å²) in [7, 11) is 1.85. The second-order valence-corrected chi connectivity index (χ2v) is 5.36. The van der Waals surface area contributed by atoms with Crippen molar-refractivity contribution in [1.29, 1.82) is 0 Å². The summed E-state index contributed by atoms with van der Waals surface area (Å²) < 4.78 is 0. The van der Waals surface area contributed by atoms with E-state index in [-0.39, 0.29) is 11.3 Å². The van der Waals surface area contributed by atoms with Crippen LogP contribution in [0.1, 0.15) is 36.0 Å². The van der Waals surface area contributed by atoms with Crippen molar-refractivity contribution in [3.8, 4) is 0 Å². The van der Waals surface area contributed by atoms with Gasteiger partial charge in [0.05, 0.1) is 11.2 Å². The first kappa shape index (κ1) is 13.7. The van der Waals surface area contributed by atoms with Gasteiger partial charge in [-0.2, -0.15) is 0 Å². The number of carboxylic acid groups (broad SMARTS) is 1. The lowest BCUT2D eigenvalue weighted by Gasteiger charge is -2.30. The Balaban J connectivity index is 2.17. The van der Waals surface area contributed by atoms with Crippen LogP contribution in [0.2, 0.25) is 0 Å². The zero-order valence-corrected chi connectivity index (χ0v) is 11.1. The zero-order chi connectivity index (χ0) is 14.0.